The summed E-state index contributed by atoms with van der Waals surface area (Å²) in [4.78, 5) is 11.7. The molecule has 1 atom stereocenters. The summed E-state index contributed by atoms with van der Waals surface area (Å²) >= 11 is 12.1. The minimum Gasteiger partial charge on any atom is -0.479 e. The Morgan fingerprint density at radius 2 is 1.81 bits per heavy atom. The molecule has 3 nitrogen and oxygen atoms in total. The number of nitrogens with one attached hydrogen (secondary N) is 1. The average molecular weight is 328 g/mol. The van der Waals surface area contributed by atoms with E-state index in [1.807, 2.05) is 0 Å². The molecular formula is C15H12Cl2FNO2. The van der Waals surface area contributed by atoms with Crippen molar-refractivity contribution in [3.63, 3.8) is 0 Å². The van der Waals surface area contributed by atoms with Crippen molar-refractivity contribution >= 4 is 34.9 Å². The molecule has 0 bridgehead atoms. The Hall–Kier alpha value is -1.78. The van der Waals surface area contributed by atoms with Crippen molar-refractivity contribution in [1.29, 1.82) is 0 Å². The van der Waals surface area contributed by atoms with E-state index in [0.29, 0.717) is 11.3 Å². The lowest BCUT2D eigenvalue weighted by molar-refractivity contribution is -0.142. The van der Waals surface area contributed by atoms with E-state index in [-0.39, 0.29) is 10.0 Å². The summed E-state index contributed by atoms with van der Waals surface area (Å²) in [7, 11) is 0. The van der Waals surface area contributed by atoms with Gasteiger partial charge in [-0.1, -0.05) is 35.3 Å². The van der Waals surface area contributed by atoms with Crippen molar-refractivity contribution in [3.8, 4) is 0 Å². The van der Waals surface area contributed by atoms with Crippen LogP contribution in [0, 0.1) is 5.82 Å². The number of rotatable bonds is 4. The molecule has 0 heterocycles. The summed E-state index contributed by atoms with van der Waals surface area (Å²) in [6, 6.07) is 10.2. The van der Waals surface area contributed by atoms with Gasteiger partial charge in [0.05, 0.1) is 10.0 Å². The Bertz CT molecular complexity index is 676. The average Bonchev–Trinajstić information content (AvgIpc) is 2.44. The van der Waals surface area contributed by atoms with E-state index < -0.39 is 17.3 Å². The van der Waals surface area contributed by atoms with E-state index in [9.17, 15) is 14.3 Å². The number of carboxylic acid groups (broad SMARTS) is 1. The molecule has 1 unspecified atom stereocenters. The van der Waals surface area contributed by atoms with Crippen LogP contribution in [0.15, 0.2) is 42.5 Å². The van der Waals surface area contributed by atoms with Gasteiger partial charge in [-0.25, -0.2) is 9.18 Å². The fraction of sp³-hybridized carbons (Fsp3) is 0.133. The maximum Gasteiger partial charge on any atom is 0.333 e. The monoisotopic (exact) mass is 327 g/mol. The van der Waals surface area contributed by atoms with Gasteiger partial charge in [0.2, 0.25) is 0 Å². The second-order valence-corrected chi connectivity index (χ2v) is 5.45. The predicted octanol–water partition coefficient (Wildman–Crippen LogP) is 4.54. The number of carbonyl (C=O) groups is 1. The summed E-state index contributed by atoms with van der Waals surface area (Å²) in [6.07, 6.45) is 0. The molecule has 0 fully saturated rings. The van der Waals surface area contributed by atoms with E-state index in [1.54, 1.807) is 18.2 Å². The Morgan fingerprint density at radius 3 is 2.38 bits per heavy atom. The second-order valence-electron chi connectivity index (χ2n) is 4.66. The minimum atomic E-state index is -1.50. The molecule has 0 spiro atoms. The molecule has 2 aromatic carbocycles. The maximum absolute atomic E-state index is 12.9. The SMILES string of the molecule is CC(Nc1ccc(F)cc1)(C(=O)O)c1cccc(Cl)c1Cl. The lowest BCUT2D eigenvalue weighted by atomic mass is 9.91. The molecule has 0 aromatic heterocycles. The first-order valence-corrected chi connectivity index (χ1v) is 6.82. The van der Waals surface area contributed by atoms with Crippen molar-refractivity contribution < 1.29 is 14.3 Å². The molecule has 6 heteroatoms. The Balaban J connectivity index is 2.48. The molecule has 0 radical (unpaired) electrons. The number of anilines is 1. The summed E-state index contributed by atoms with van der Waals surface area (Å²) in [6.45, 7) is 1.47. The van der Waals surface area contributed by atoms with Crippen molar-refractivity contribution in [2.45, 2.75) is 12.5 Å². The smallest absolute Gasteiger partial charge is 0.333 e. The molecule has 21 heavy (non-hydrogen) atoms. The first kappa shape index (κ1) is 15.6. The molecule has 0 amide bonds. The van der Waals surface area contributed by atoms with Crippen LogP contribution in [-0.2, 0) is 10.3 Å². The van der Waals surface area contributed by atoms with Crippen molar-refractivity contribution in [1.82, 2.24) is 0 Å². The number of benzene rings is 2. The Kier molecular flexibility index (Phi) is 4.40. The summed E-state index contributed by atoms with van der Waals surface area (Å²) in [5, 5.41) is 12.9. The highest BCUT2D eigenvalue weighted by Crippen LogP contribution is 2.35. The lowest BCUT2D eigenvalue weighted by Gasteiger charge is -2.29. The molecule has 0 saturated carbocycles. The second kappa shape index (κ2) is 5.92. The number of halogens is 3. The Morgan fingerprint density at radius 1 is 1.19 bits per heavy atom. The van der Waals surface area contributed by atoms with Crippen LogP contribution in [0.2, 0.25) is 10.0 Å². The highest BCUT2D eigenvalue weighted by atomic mass is 35.5. The van der Waals surface area contributed by atoms with Gasteiger partial charge in [-0.05, 0) is 37.3 Å². The van der Waals surface area contributed by atoms with Gasteiger partial charge in [0.15, 0.2) is 5.54 Å². The van der Waals surface area contributed by atoms with Crippen LogP contribution in [0.4, 0.5) is 10.1 Å². The van der Waals surface area contributed by atoms with Gasteiger partial charge in [-0.3, -0.25) is 0 Å². The summed E-state index contributed by atoms with van der Waals surface area (Å²) in [5.41, 5.74) is -0.717. The van der Waals surface area contributed by atoms with E-state index in [2.05, 4.69) is 5.32 Å². The fourth-order valence-corrected chi connectivity index (χ4v) is 2.44. The first-order valence-electron chi connectivity index (χ1n) is 6.06. The van der Waals surface area contributed by atoms with Crippen molar-refractivity contribution in [2.24, 2.45) is 0 Å². The van der Waals surface area contributed by atoms with Crippen LogP contribution in [0.5, 0.6) is 0 Å². The normalized spacial score (nSPS) is 13.5. The fourth-order valence-electron chi connectivity index (χ4n) is 1.95. The molecule has 110 valence electrons. The molecule has 0 aliphatic rings. The van der Waals surface area contributed by atoms with Crippen molar-refractivity contribution in [2.75, 3.05) is 5.32 Å². The van der Waals surface area contributed by atoms with E-state index >= 15 is 0 Å². The van der Waals surface area contributed by atoms with Gasteiger partial charge >= 0.3 is 5.97 Å². The molecule has 0 aliphatic carbocycles. The third-order valence-corrected chi connectivity index (χ3v) is 3.98. The summed E-state index contributed by atoms with van der Waals surface area (Å²) < 4.78 is 12.9. The molecule has 2 rings (SSSR count). The highest BCUT2D eigenvalue weighted by molar-refractivity contribution is 6.42. The molecule has 2 aromatic rings. The van der Waals surface area contributed by atoms with Crippen LogP contribution in [-0.4, -0.2) is 11.1 Å². The van der Waals surface area contributed by atoms with Crippen molar-refractivity contribution in [3.05, 3.63) is 63.9 Å². The topological polar surface area (TPSA) is 49.3 Å². The van der Waals surface area contributed by atoms with Gasteiger partial charge in [0.1, 0.15) is 5.82 Å². The molecule has 0 aliphatic heterocycles. The van der Waals surface area contributed by atoms with Gasteiger partial charge in [0.25, 0.3) is 0 Å². The lowest BCUT2D eigenvalue weighted by Crippen LogP contribution is -2.40. The van der Waals surface area contributed by atoms with E-state index in [4.69, 9.17) is 23.2 Å². The Labute approximate surface area is 131 Å². The van der Waals surface area contributed by atoms with E-state index in [0.717, 1.165) is 0 Å². The van der Waals surface area contributed by atoms with Crippen LogP contribution in [0.3, 0.4) is 0 Å². The number of aliphatic carboxylic acids is 1. The van der Waals surface area contributed by atoms with Gasteiger partial charge < -0.3 is 10.4 Å². The molecule has 2 N–H and O–H groups in total. The minimum absolute atomic E-state index is 0.165. The zero-order chi connectivity index (χ0) is 15.6. The van der Waals surface area contributed by atoms with Gasteiger partial charge in [-0.2, -0.15) is 0 Å². The molecule has 0 saturated heterocycles. The van der Waals surface area contributed by atoms with Crippen LogP contribution >= 0.6 is 23.2 Å². The highest BCUT2D eigenvalue weighted by Gasteiger charge is 2.37. The molecular weight excluding hydrogens is 316 g/mol. The summed E-state index contributed by atoms with van der Waals surface area (Å²) in [5.74, 6) is -1.53. The largest absolute Gasteiger partial charge is 0.479 e. The quantitative estimate of drug-likeness (QED) is 0.866. The number of hydrogen-bond acceptors (Lipinski definition) is 2. The first-order chi connectivity index (χ1) is 9.84. The number of carboxylic acids is 1. The zero-order valence-electron chi connectivity index (χ0n) is 11.0. The third kappa shape index (κ3) is 3.12. The van der Waals surface area contributed by atoms with Crippen LogP contribution in [0.1, 0.15) is 12.5 Å². The third-order valence-electron chi connectivity index (χ3n) is 3.16. The van der Waals surface area contributed by atoms with Gasteiger partial charge in [-0.15, -0.1) is 0 Å². The number of hydrogen-bond donors (Lipinski definition) is 2. The van der Waals surface area contributed by atoms with Gasteiger partial charge in [0, 0.05) is 11.3 Å². The standard InChI is InChI=1S/C15H12Cl2FNO2/c1-15(14(20)21,11-3-2-4-12(16)13(11)17)19-10-7-5-9(18)6-8-10/h2-8,19H,1H3,(H,20,21). The van der Waals surface area contributed by atoms with Crippen LogP contribution in [0.25, 0.3) is 0 Å². The van der Waals surface area contributed by atoms with Crippen LogP contribution < -0.4 is 5.32 Å². The van der Waals surface area contributed by atoms with E-state index in [1.165, 1.54) is 31.2 Å². The zero-order valence-corrected chi connectivity index (χ0v) is 12.5. The maximum atomic E-state index is 12.9. The predicted molar refractivity (Wildman–Crippen MR) is 81.5 cm³/mol.